The molecule has 2 N–H and O–H groups in total. The summed E-state index contributed by atoms with van der Waals surface area (Å²) in [5, 5.41) is 13.4. The maximum Gasteiger partial charge on any atom is 0.342 e. The highest BCUT2D eigenvalue weighted by molar-refractivity contribution is 7.15. The van der Waals surface area contributed by atoms with Crippen LogP contribution in [0.3, 0.4) is 0 Å². The summed E-state index contributed by atoms with van der Waals surface area (Å²) < 4.78 is 5.40. The van der Waals surface area contributed by atoms with Crippen molar-refractivity contribution in [1.82, 2.24) is 0 Å². The van der Waals surface area contributed by atoms with Gasteiger partial charge in [-0.25, -0.2) is 9.59 Å². The summed E-state index contributed by atoms with van der Waals surface area (Å²) in [6.45, 7) is 3.52. The van der Waals surface area contributed by atoms with Crippen LogP contribution in [0.4, 0.5) is 5.00 Å². The minimum absolute atomic E-state index is 0.279. The topological polar surface area (TPSA) is 92.7 Å². The van der Waals surface area contributed by atoms with Gasteiger partial charge in [0.25, 0.3) is 0 Å². The molecule has 1 aromatic heterocycles. The molecule has 6 nitrogen and oxygen atoms in total. The van der Waals surface area contributed by atoms with Crippen LogP contribution in [-0.4, -0.2) is 29.1 Å². The Balaban J connectivity index is 1.90. The van der Waals surface area contributed by atoms with Gasteiger partial charge in [-0.05, 0) is 43.7 Å². The van der Waals surface area contributed by atoms with Crippen molar-refractivity contribution in [2.75, 3.05) is 5.32 Å². The minimum atomic E-state index is -1.22. The lowest BCUT2D eigenvalue weighted by atomic mass is 9.83. The van der Waals surface area contributed by atoms with Gasteiger partial charge in [0.1, 0.15) is 10.6 Å². The molecule has 0 aliphatic heterocycles. The Kier molecular flexibility index (Phi) is 7.63. The fraction of sp³-hybridized carbons (Fsp3) is 0.375. The number of carbonyl (C=O) groups excluding carboxylic acids is 2. The van der Waals surface area contributed by atoms with Crippen molar-refractivity contribution >= 4 is 34.2 Å². The zero-order chi connectivity index (χ0) is 22.4. The van der Waals surface area contributed by atoms with Crippen molar-refractivity contribution < 1.29 is 24.2 Å². The fourth-order valence-electron chi connectivity index (χ4n) is 3.81. The van der Waals surface area contributed by atoms with Gasteiger partial charge in [-0.1, -0.05) is 43.5 Å². The highest BCUT2D eigenvalue weighted by atomic mass is 32.1. The molecule has 0 unspecified atom stereocenters. The SMILES string of the molecule is CC(C)OC(=O)c1c(-c2ccc(C3CCCCC3)cc2)csc1NC(=O)/C=C/C(=O)O. The molecule has 164 valence electrons. The smallest absolute Gasteiger partial charge is 0.342 e. The number of carbonyl (C=O) groups is 3. The van der Waals surface area contributed by atoms with Crippen LogP contribution < -0.4 is 5.32 Å². The van der Waals surface area contributed by atoms with Gasteiger partial charge in [0.2, 0.25) is 5.91 Å². The van der Waals surface area contributed by atoms with E-state index in [0.717, 1.165) is 17.7 Å². The summed E-state index contributed by atoms with van der Waals surface area (Å²) in [7, 11) is 0. The molecule has 1 aromatic carbocycles. The van der Waals surface area contributed by atoms with Crippen molar-refractivity contribution in [2.24, 2.45) is 0 Å². The number of hydrogen-bond acceptors (Lipinski definition) is 5. The summed E-state index contributed by atoms with van der Waals surface area (Å²) in [6, 6.07) is 8.25. The molecule has 1 heterocycles. The summed E-state index contributed by atoms with van der Waals surface area (Å²) in [4.78, 5) is 35.5. The molecule has 1 aliphatic rings. The first-order valence-electron chi connectivity index (χ1n) is 10.5. The third-order valence-electron chi connectivity index (χ3n) is 5.25. The maximum atomic E-state index is 12.8. The molecule has 0 radical (unpaired) electrons. The lowest BCUT2D eigenvalue weighted by Gasteiger charge is -2.22. The van der Waals surface area contributed by atoms with E-state index < -0.39 is 17.8 Å². The van der Waals surface area contributed by atoms with Crippen LogP contribution >= 0.6 is 11.3 Å². The van der Waals surface area contributed by atoms with E-state index in [0.29, 0.717) is 16.5 Å². The second kappa shape index (κ2) is 10.4. The molecule has 0 bridgehead atoms. The van der Waals surface area contributed by atoms with E-state index in [1.807, 2.05) is 17.5 Å². The van der Waals surface area contributed by atoms with Crippen LogP contribution in [0.2, 0.25) is 0 Å². The Labute approximate surface area is 185 Å². The average molecular weight is 442 g/mol. The van der Waals surface area contributed by atoms with Crippen molar-refractivity contribution in [1.29, 1.82) is 0 Å². The zero-order valence-corrected chi connectivity index (χ0v) is 18.5. The van der Waals surface area contributed by atoms with Crippen LogP contribution in [0.15, 0.2) is 41.8 Å². The van der Waals surface area contributed by atoms with E-state index in [1.54, 1.807) is 13.8 Å². The molecule has 0 spiro atoms. The fourth-order valence-corrected chi connectivity index (χ4v) is 4.77. The Bertz CT molecular complexity index is 968. The molecule has 1 fully saturated rings. The Hall–Kier alpha value is -2.93. The Morgan fingerprint density at radius 3 is 2.39 bits per heavy atom. The van der Waals surface area contributed by atoms with Crippen molar-refractivity contribution in [3.05, 3.63) is 52.9 Å². The first-order valence-corrected chi connectivity index (χ1v) is 11.4. The highest BCUT2D eigenvalue weighted by Crippen LogP contribution is 2.38. The van der Waals surface area contributed by atoms with Crippen LogP contribution in [0.25, 0.3) is 11.1 Å². The van der Waals surface area contributed by atoms with E-state index in [4.69, 9.17) is 9.84 Å². The normalized spacial score (nSPS) is 14.7. The average Bonchev–Trinajstić information content (AvgIpc) is 3.16. The van der Waals surface area contributed by atoms with E-state index in [9.17, 15) is 14.4 Å². The second-order valence-corrected chi connectivity index (χ2v) is 8.80. The first kappa shape index (κ1) is 22.7. The summed E-state index contributed by atoms with van der Waals surface area (Å²) in [5.74, 6) is -1.78. The third kappa shape index (κ3) is 6.04. The van der Waals surface area contributed by atoms with Gasteiger partial charge in [-0.2, -0.15) is 0 Å². The number of thiophene rings is 1. The molecular formula is C24H27NO5S. The second-order valence-electron chi connectivity index (χ2n) is 7.93. The lowest BCUT2D eigenvalue weighted by molar-refractivity contribution is -0.131. The summed E-state index contributed by atoms with van der Waals surface area (Å²) in [5.41, 5.74) is 3.15. The lowest BCUT2D eigenvalue weighted by Crippen LogP contribution is -2.15. The van der Waals surface area contributed by atoms with Crippen LogP contribution in [0.5, 0.6) is 0 Å². The largest absolute Gasteiger partial charge is 0.478 e. The van der Waals surface area contributed by atoms with Crippen LogP contribution in [-0.2, 0) is 14.3 Å². The summed E-state index contributed by atoms with van der Waals surface area (Å²) in [6.07, 6.45) is 7.61. The standard InChI is InChI=1S/C24H27NO5S/c1-15(2)30-24(29)22-19(14-31-23(22)25-20(26)12-13-21(27)28)18-10-8-17(9-11-18)16-6-4-3-5-7-16/h8-16H,3-7H2,1-2H3,(H,25,26)(H,27,28)/b13-12+. The Morgan fingerprint density at radius 1 is 1.10 bits per heavy atom. The van der Waals surface area contributed by atoms with E-state index in [2.05, 4.69) is 17.4 Å². The number of carboxylic acids is 1. The monoisotopic (exact) mass is 441 g/mol. The number of amides is 1. The molecule has 1 aliphatic carbocycles. The van der Waals surface area contributed by atoms with Gasteiger partial charge in [-0.3, -0.25) is 4.79 Å². The molecule has 1 saturated carbocycles. The predicted molar refractivity (Wildman–Crippen MR) is 122 cm³/mol. The van der Waals surface area contributed by atoms with E-state index in [1.165, 1.54) is 49.0 Å². The minimum Gasteiger partial charge on any atom is -0.478 e. The zero-order valence-electron chi connectivity index (χ0n) is 17.7. The van der Waals surface area contributed by atoms with Crippen molar-refractivity contribution in [2.45, 2.75) is 58.0 Å². The Morgan fingerprint density at radius 2 is 1.77 bits per heavy atom. The molecule has 7 heteroatoms. The van der Waals surface area contributed by atoms with Crippen molar-refractivity contribution in [3.63, 3.8) is 0 Å². The number of aliphatic carboxylic acids is 1. The van der Waals surface area contributed by atoms with Gasteiger partial charge in [-0.15, -0.1) is 11.3 Å². The number of hydrogen-bond donors (Lipinski definition) is 2. The van der Waals surface area contributed by atoms with E-state index in [-0.39, 0.29) is 11.7 Å². The number of rotatable bonds is 7. The third-order valence-corrected chi connectivity index (χ3v) is 6.15. The van der Waals surface area contributed by atoms with Crippen LogP contribution in [0.1, 0.15) is 67.8 Å². The molecule has 1 amide bonds. The van der Waals surface area contributed by atoms with Gasteiger partial charge < -0.3 is 15.2 Å². The van der Waals surface area contributed by atoms with Gasteiger partial charge in [0, 0.05) is 23.1 Å². The van der Waals surface area contributed by atoms with Crippen LogP contribution in [0, 0.1) is 0 Å². The molecule has 0 atom stereocenters. The number of nitrogens with one attached hydrogen (secondary N) is 1. The number of anilines is 1. The highest BCUT2D eigenvalue weighted by Gasteiger charge is 2.24. The van der Waals surface area contributed by atoms with Crippen molar-refractivity contribution in [3.8, 4) is 11.1 Å². The van der Waals surface area contributed by atoms with Gasteiger partial charge in [0.15, 0.2) is 0 Å². The molecule has 2 aromatic rings. The molecule has 0 saturated heterocycles. The predicted octanol–water partition coefficient (Wildman–Crippen LogP) is 5.61. The maximum absolute atomic E-state index is 12.8. The molecule has 3 rings (SSSR count). The molecule has 31 heavy (non-hydrogen) atoms. The number of ether oxygens (including phenoxy) is 1. The van der Waals surface area contributed by atoms with Gasteiger partial charge in [0.05, 0.1) is 6.10 Å². The van der Waals surface area contributed by atoms with E-state index >= 15 is 0 Å². The molecular weight excluding hydrogens is 414 g/mol. The number of carboxylic acid groups (broad SMARTS) is 1. The number of benzene rings is 1. The number of esters is 1. The first-order chi connectivity index (χ1) is 14.8. The van der Waals surface area contributed by atoms with Gasteiger partial charge >= 0.3 is 11.9 Å². The summed E-state index contributed by atoms with van der Waals surface area (Å²) >= 11 is 1.21. The quantitative estimate of drug-likeness (QED) is 0.430.